The third kappa shape index (κ3) is 7.15. The zero-order valence-corrected chi connectivity index (χ0v) is 18.1. The van der Waals surface area contributed by atoms with Crippen LogP contribution in [0.25, 0.3) is 10.8 Å². The molecule has 4 aromatic carbocycles. The van der Waals surface area contributed by atoms with Crippen LogP contribution in [-0.2, 0) is 10.9 Å². The quantitative estimate of drug-likeness (QED) is 0.151. The molecule has 0 fully saturated rings. The molecule has 0 heterocycles. The second-order valence-corrected chi connectivity index (χ2v) is 12.4. The molecule has 0 spiro atoms. The van der Waals surface area contributed by atoms with Gasteiger partial charge in [0.25, 0.3) is 0 Å². The molecule has 0 saturated heterocycles. The fraction of sp³-hybridized carbons (Fsp3) is 0. The Bertz CT molecular complexity index is 1070. The van der Waals surface area contributed by atoms with E-state index in [4.69, 9.17) is 0 Å². The first kappa shape index (κ1) is 22.3. The van der Waals surface area contributed by atoms with Gasteiger partial charge in [-0.1, -0.05) is 66.7 Å². The van der Waals surface area contributed by atoms with Crippen LogP contribution in [0.2, 0.25) is 0 Å². The summed E-state index contributed by atoms with van der Waals surface area (Å²) >= 11 is -11.1. The molecule has 0 radical (unpaired) electrons. The number of halogens is 6. The Hall–Kier alpha value is -2.37. The summed E-state index contributed by atoms with van der Waals surface area (Å²) in [6.45, 7) is 0. The smallest absolute Gasteiger partial charge is 0.0619 e. The molecule has 0 aliphatic carbocycles. The Balaban J connectivity index is 0.000000318. The molecular weight excluding hydrogens is 485 g/mol. The van der Waals surface area contributed by atoms with Crippen molar-refractivity contribution in [2.24, 2.45) is 0 Å². The van der Waals surface area contributed by atoms with Gasteiger partial charge in [0, 0.05) is 5.39 Å². The molecule has 0 atom stereocenters. The van der Waals surface area contributed by atoms with Gasteiger partial charge in [-0.25, -0.2) is 0 Å². The molecule has 4 aromatic rings. The second-order valence-electron chi connectivity index (χ2n) is 6.37. The predicted molar refractivity (Wildman–Crippen MR) is 111 cm³/mol. The third-order valence-electron chi connectivity index (χ3n) is 3.93. The van der Waals surface area contributed by atoms with Crippen molar-refractivity contribution in [3.05, 3.63) is 103 Å². The van der Waals surface area contributed by atoms with Crippen LogP contribution in [0.1, 0.15) is 0 Å². The van der Waals surface area contributed by atoms with Gasteiger partial charge in [-0.3, -0.25) is 0 Å². The molecule has 0 aliphatic heterocycles. The molecular formula is C22H17AsF6S. The van der Waals surface area contributed by atoms with E-state index < -0.39 is 14.2 Å². The molecule has 4 rings (SSSR count). The number of hydrogen-bond acceptors (Lipinski definition) is 0. The van der Waals surface area contributed by atoms with Crippen molar-refractivity contribution in [3.8, 4) is 0 Å². The summed E-state index contributed by atoms with van der Waals surface area (Å²) < 4.78 is 59.4. The fourth-order valence-corrected chi connectivity index (χ4v) is 5.14. The number of hydrogen-bond donors (Lipinski definition) is 0. The van der Waals surface area contributed by atoms with Crippen molar-refractivity contribution in [2.45, 2.75) is 14.7 Å². The predicted octanol–water partition coefficient (Wildman–Crippen LogP) is 8.08. The van der Waals surface area contributed by atoms with Gasteiger partial charge >= 0.3 is 35.0 Å². The Kier molecular flexibility index (Phi) is 5.74. The average molecular weight is 502 g/mol. The van der Waals surface area contributed by atoms with Crippen LogP contribution < -0.4 is 0 Å². The van der Waals surface area contributed by atoms with Crippen molar-refractivity contribution >= 4 is 35.8 Å². The van der Waals surface area contributed by atoms with Gasteiger partial charge in [0.15, 0.2) is 14.7 Å². The van der Waals surface area contributed by atoms with Crippen molar-refractivity contribution < 1.29 is 20.8 Å². The van der Waals surface area contributed by atoms with Crippen LogP contribution in [0.5, 0.6) is 0 Å². The first-order valence-corrected chi connectivity index (χ1v) is 14.2. The van der Waals surface area contributed by atoms with Crippen LogP contribution in [-0.4, -0.2) is 14.2 Å². The summed E-state index contributed by atoms with van der Waals surface area (Å²) in [4.78, 5) is 4.10. The molecule has 0 nitrogen and oxygen atoms in total. The van der Waals surface area contributed by atoms with Crippen molar-refractivity contribution in [1.82, 2.24) is 0 Å². The summed E-state index contributed by atoms with van der Waals surface area (Å²) in [6, 6.07) is 36.9. The maximum atomic E-state index is 9.91. The standard InChI is InChI=1S/C22H17S.AsF6/c1-3-12-19(13-4-1)23(20-14-5-2-6-15-20)22-17-9-11-18-10-7-8-16-21(18)22;2-1(3,4,5,6)7/h1-17H;/q+1;-1. The Labute approximate surface area is 174 Å². The first-order chi connectivity index (χ1) is 13.9. The van der Waals surface area contributed by atoms with Crippen LogP contribution in [0.15, 0.2) is 118 Å². The van der Waals surface area contributed by atoms with Crippen molar-refractivity contribution in [3.63, 3.8) is 0 Å². The zero-order chi connectivity index (χ0) is 21.9. The molecule has 30 heavy (non-hydrogen) atoms. The van der Waals surface area contributed by atoms with E-state index in [0.717, 1.165) is 0 Å². The van der Waals surface area contributed by atoms with E-state index in [-0.39, 0.29) is 10.9 Å². The van der Waals surface area contributed by atoms with Gasteiger partial charge in [-0.05, 0) is 41.8 Å². The van der Waals surface area contributed by atoms with Gasteiger partial charge in [0.1, 0.15) is 0 Å². The topological polar surface area (TPSA) is 0 Å². The van der Waals surface area contributed by atoms with E-state index in [2.05, 4.69) is 103 Å². The molecule has 0 amide bonds. The molecule has 0 aromatic heterocycles. The van der Waals surface area contributed by atoms with E-state index in [1.165, 1.54) is 25.5 Å². The Morgan fingerprint density at radius 3 is 1.37 bits per heavy atom. The summed E-state index contributed by atoms with van der Waals surface area (Å²) in [5, 5.41) is 2.64. The Morgan fingerprint density at radius 2 is 0.867 bits per heavy atom. The summed E-state index contributed by atoms with van der Waals surface area (Å²) in [7, 11) is -0.0892. The molecule has 0 bridgehead atoms. The van der Waals surface area contributed by atoms with Crippen molar-refractivity contribution in [1.29, 1.82) is 0 Å². The van der Waals surface area contributed by atoms with Crippen LogP contribution >= 0.6 is 0 Å². The minimum Gasteiger partial charge on any atom is -0.0619 e. The fourth-order valence-electron chi connectivity index (χ4n) is 2.88. The summed E-state index contributed by atoms with van der Waals surface area (Å²) in [5.74, 6) is 0. The van der Waals surface area contributed by atoms with Gasteiger partial charge in [0.05, 0.1) is 10.9 Å². The molecule has 8 heteroatoms. The molecule has 0 N–H and O–H groups in total. The van der Waals surface area contributed by atoms with Crippen LogP contribution in [0.4, 0.5) is 20.8 Å². The minimum absolute atomic E-state index is 0.0892. The second kappa shape index (κ2) is 7.71. The third-order valence-corrected chi connectivity index (χ3v) is 6.21. The van der Waals surface area contributed by atoms with Gasteiger partial charge in [0.2, 0.25) is 0 Å². The summed E-state index contributed by atoms with van der Waals surface area (Å²) in [6.07, 6.45) is 0. The molecule has 0 unspecified atom stereocenters. The van der Waals surface area contributed by atoms with E-state index in [9.17, 15) is 20.8 Å². The SMILES string of the molecule is F[As-](F)(F)(F)(F)F.c1ccc([S+](c2ccccc2)c2cccc3ccccc23)cc1. The summed E-state index contributed by atoms with van der Waals surface area (Å²) in [5.41, 5.74) is 0. The molecule has 0 aliphatic rings. The normalized spacial score (nSPS) is 13.8. The number of rotatable bonds is 3. The minimum atomic E-state index is -11.1. The van der Waals surface area contributed by atoms with Crippen LogP contribution in [0, 0.1) is 0 Å². The Morgan fingerprint density at radius 1 is 0.467 bits per heavy atom. The van der Waals surface area contributed by atoms with Gasteiger partial charge in [-0.2, -0.15) is 0 Å². The van der Waals surface area contributed by atoms with E-state index in [1.54, 1.807) is 0 Å². The van der Waals surface area contributed by atoms with E-state index in [1.807, 2.05) is 0 Å². The average Bonchev–Trinajstić information content (AvgIpc) is 2.68. The molecule has 0 saturated carbocycles. The number of benzene rings is 4. The maximum absolute atomic E-state index is 11.1. The monoisotopic (exact) mass is 502 g/mol. The van der Waals surface area contributed by atoms with Crippen molar-refractivity contribution in [2.75, 3.05) is 0 Å². The van der Waals surface area contributed by atoms with Gasteiger partial charge < -0.3 is 0 Å². The van der Waals surface area contributed by atoms with E-state index in [0.29, 0.717) is 0 Å². The van der Waals surface area contributed by atoms with E-state index >= 15 is 0 Å². The van der Waals surface area contributed by atoms with Gasteiger partial charge in [-0.15, -0.1) is 0 Å². The van der Waals surface area contributed by atoms with Crippen LogP contribution in [0.3, 0.4) is 0 Å². The zero-order valence-electron chi connectivity index (χ0n) is 15.4. The first-order valence-electron chi connectivity index (χ1n) is 8.77. The molecule has 158 valence electrons. The number of fused-ring (bicyclic) bond motifs is 1. The largest absolute Gasteiger partial charge is 0.174 e. The maximum Gasteiger partial charge on any atom is 0.174 e.